The molecule has 1 amide bonds. The van der Waals surface area contributed by atoms with Crippen molar-refractivity contribution in [2.24, 2.45) is 0 Å². The third-order valence-electron chi connectivity index (χ3n) is 3.46. The van der Waals surface area contributed by atoms with Crippen LogP contribution in [-0.2, 0) is 17.8 Å². The quantitative estimate of drug-likeness (QED) is 0.756. The summed E-state index contributed by atoms with van der Waals surface area (Å²) in [5.74, 6) is 0.285. The van der Waals surface area contributed by atoms with E-state index in [0.717, 1.165) is 5.56 Å². The van der Waals surface area contributed by atoms with Crippen molar-refractivity contribution < 1.29 is 13.6 Å². The Morgan fingerprint density at radius 2 is 1.79 bits per heavy atom. The minimum absolute atomic E-state index is 0.0830. The second kappa shape index (κ2) is 7.50. The molecule has 5 nitrogen and oxygen atoms in total. The smallest absolute Gasteiger partial charge is 0.247 e. The minimum Gasteiger partial charge on any atom is -0.421 e. The lowest BCUT2D eigenvalue weighted by atomic mass is 10.2. The van der Waals surface area contributed by atoms with Gasteiger partial charge in [0.1, 0.15) is 5.82 Å². The van der Waals surface area contributed by atoms with Crippen LogP contribution in [0.4, 0.5) is 4.39 Å². The summed E-state index contributed by atoms with van der Waals surface area (Å²) in [4.78, 5) is 11.9. The van der Waals surface area contributed by atoms with Gasteiger partial charge in [-0.3, -0.25) is 4.79 Å². The number of benzene rings is 2. The van der Waals surface area contributed by atoms with E-state index in [1.807, 2.05) is 30.3 Å². The van der Waals surface area contributed by atoms with Crippen molar-refractivity contribution in [3.8, 4) is 11.5 Å². The van der Waals surface area contributed by atoms with Crippen LogP contribution in [0, 0.1) is 5.82 Å². The van der Waals surface area contributed by atoms with Crippen molar-refractivity contribution in [2.45, 2.75) is 19.4 Å². The van der Waals surface area contributed by atoms with E-state index in [1.54, 1.807) is 12.1 Å². The van der Waals surface area contributed by atoms with Crippen molar-refractivity contribution in [1.82, 2.24) is 15.5 Å². The van der Waals surface area contributed by atoms with Gasteiger partial charge in [-0.05, 0) is 29.8 Å². The number of hydrogen-bond acceptors (Lipinski definition) is 4. The van der Waals surface area contributed by atoms with Crippen LogP contribution in [0.5, 0.6) is 0 Å². The lowest BCUT2D eigenvalue weighted by Gasteiger charge is -2.03. The van der Waals surface area contributed by atoms with E-state index in [2.05, 4.69) is 15.5 Å². The van der Waals surface area contributed by atoms with Crippen LogP contribution in [0.1, 0.15) is 17.9 Å². The maximum absolute atomic E-state index is 12.9. The maximum Gasteiger partial charge on any atom is 0.247 e. The molecule has 1 N–H and O–H groups in total. The third-order valence-corrected chi connectivity index (χ3v) is 3.46. The highest BCUT2D eigenvalue weighted by molar-refractivity contribution is 5.76. The van der Waals surface area contributed by atoms with Crippen molar-refractivity contribution >= 4 is 5.91 Å². The summed E-state index contributed by atoms with van der Waals surface area (Å²) in [5, 5.41) is 10.7. The van der Waals surface area contributed by atoms with E-state index in [1.165, 1.54) is 12.1 Å². The number of carbonyl (C=O) groups is 1. The van der Waals surface area contributed by atoms with E-state index in [9.17, 15) is 9.18 Å². The van der Waals surface area contributed by atoms with Crippen LogP contribution >= 0.6 is 0 Å². The SMILES string of the molecule is O=C(CCc1nnc(-c2ccc(F)cc2)o1)NCc1ccccc1. The Morgan fingerprint density at radius 1 is 1.04 bits per heavy atom. The molecule has 0 unspecified atom stereocenters. The van der Waals surface area contributed by atoms with E-state index >= 15 is 0 Å². The molecule has 122 valence electrons. The zero-order chi connectivity index (χ0) is 16.8. The number of nitrogens with zero attached hydrogens (tertiary/aromatic N) is 2. The van der Waals surface area contributed by atoms with E-state index in [0.29, 0.717) is 30.3 Å². The molecule has 0 fully saturated rings. The second-order valence-corrected chi connectivity index (χ2v) is 5.27. The molecular formula is C18H16FN3O2. The van der Waals surface area contributed by atoms with Crippen molar-refractivity contribution in [1.29, 1.82) is 0 Å². The predicted octanol–water partition coefficient (Wildman–Crippen LogP) is 3.12. The highest BCUT2D eigenvalue weighted by Crippen LogP contribution is 2.18. The number of carbonyl (C=O) groups excluding carboxylic acids is 1. The summed E-state index contributed by atoms with van der Waals surface area (Å²) < 4.78 is 18.4. The molecule has 0 saturated carbocycles. The number of amides is 1. The number of nitrogens with one attached hydrogen (secondary N) is 1. The Kier molecular flexibility index (Phi) is 4.96. The van der Waals surface area contributed by atoms with Crippen molar-refractivity contribution in [3.63, 3.8) is 0 Å². The molecule has 6 heteroatoms. The first-order valence-electron chi connectivity index (χ1n) is 7.59. The Balaban J connectivity index is 1.50. The second-order valence-electron chi connectivity index (χ2n) is 5.27. The van der Waals surface area contributed by atoms with Crippen LogP contribution in [-0.4, -0.2) is 16.1 Å². The number of aryl methyl sites for hydroxylation is 1. The molecule has 0 radical (unpaired) electrons. The van der Waals surface area contributed by atoms with Crippen molar-refractivity contribution in [3.05, 3.63) is 71.9 Å². The summed E-state index contributed by atoms with van der Waals surface area (Å²) in [6, 6.07) is 15.5. The fourth-order valence-corrected chi connectivity index (χ4v) is 2.17. The average Bonchev–Trinajstić information content (AvgIpc) is 3.09. The van der Waals surface area contributed by atoms with E-state index in [4.69, 9.17) is 4.42 Å². The molecular weight excluding hydrogens is 309 g/mol. The number of hydrogen-bond donors (Lipinski definition) is 1. The highest BCUT2D eigenvalue weighted by atomic mass is 19.1. The Bertz CT molecular complexity index is 801. The molecule has 1 aromatic heterocycles. The molecule has 0 aliphatic carbocycles. The van der Waals surface area contributed by atoms with E-state index < -0.39 is 0 Å². The van der Waals surface area contributed by atoms with Gasteiger partial charge in [0, 0.05) is 24.9 Å². The molecule has 1 heterocycles. The van der Waals surface area contributed by atoms with Crippen LogP contribution < -0.4 is 5.32 Å². The first kappa shape index (κ1) is 15.9. The van der Waals surface area contributed by atoms with Gasteiger partial charge in [0.2, 0.25) is 17.7 Å². The van der Waals surface area contributed by atoms with Gasteiger partial charge in [-0.25, -0.2) is 4.39 Å². The number of rotatable bonds is 6. The number of aromatic nitrogens is 2. The van der Waals surface area contributed by atoms with Crippen LogP contribution in [0.25, 0.3) is 11.5 Å². The predicted molar refractivity (Wildman–Crippen MR) is 86.3 cm³/mol. The van der Waals surface area contributed by atoms with Gasteiger partial charge in [0.25, 0.3) is 0 Å². The minimum atomic E-state index is -0.325. The molecule has 0 bridgehead atoms. The molecule has 0 spiro atoms. The Morgan fingerprint density at radius 3 is 2.54 bits per heavy atom. The summed E-state index contributed by atoms with van der Waals surface area (Å²) in [6.45, 7) is 0.490. The van der Waals surface area contributed by atoms with E-state index in [-0.39, 0.29) is 18.1 Å². The standard InChI is InChI=1S/C18H16FN3O2/c19-15-8-6-14(7-9-15)18-22-21-17(24-18)11-10-16(23)20-12-13-4-2-1-3-5-13/h1-9H,10-12H2,(H,20,23). The number of halogens is 1. The third kappa shape index (κ3) is 4.25. The highest BCUT2D eigenvalue weighted by Gasteiger charge is 2.10. The summed E-state index contributed by atoms with van der Waals surface area (Å²) in [7, 11) is 0. The summed E-state index contributed by atoms with van der Waals surface area (Å²) >= 11 is 0. The van der Waals surface area contributed by atoms with Gasteiger partial charge in [-0.15, -0.1) is 10.2 Å². The van der Waals surface area contributed by atoms with Crippen LogP contribution in [0.15, 0.2) is 59.0 Å². The molecule has 0 aliphatic rings. The molecule has 3 rings (SSSR count). The monoisotopic (exact) mass is 325 g/mol. The first-order valence-corrected chi connectivity index (χ1v) is 7.59. The Labute approximate surface area is 138 Å². The molecule has 2 aromatic carbocycles. The largest absolute Gasteiger partial charge is 0.421 e. The topological polar surface area (TPSA) is 68.0 Å². The first-order chi connectivity index (χ1) is 11.7. The van der Waals surface area contributed by atoms with Crippen LogP contribution in [0.3, 0.4) is 0 Å². The van der Waals surface area contributed by atoms with Gasteiger partial charge in [0.05, 0.1) is 0 Å². The van der Waals surface area contributed by atoms with Crippen LogP contribution in [0.2, 0.25) is 0 Å². The zero-order valence-corrected chi connectivity index (χ0v) is 12.9. The normalized spacial score (nSPS) is 10.5. The lowest BCUT2D eigenvalue weighted by molar-refractivity contribution is -0.121. The van der Waals surface area contributed by atoms with Gasteiger partial charge in [-0.2, -0.15) is 0 Å². The van der Waals surface area contributed by atoms with Gasteiger partial charge >= 0.3 is 0 Å². The molecule has 0 aliphatic heterocycles. The van der Waals surface area contributed by atoms with Crippen molar-refractivity contribution in [2.75, 3.05) is 0 Å². The van der Waals surface area contributed by atoms with Gasteiger partial charge in [0.15, 0.2) is 0 Å². The summed E-state index contributed by atoms with van der Waals surface area (Å²) in [6.07, 6.45) is 0.618. The molecule has 0 saturated heterocycles. The zero-order valence-electron chi connectivity index (χ0n) is 12.9. The summed E-state index contributed by atoms with van der Waals surface area (Å²) in [5.41, 5.74) is 1.69. The van der Waals surface area contributed by atoms with Gasteiger partial charge in [-0.1, -0.05) is 30.3 Å². The fraction of sp³-hybridized carbons (Fsp3) is 0.167. The molecule has 0 atom stereocenters. The molecule has 24 heavy (non-hydrogen) atoms. The van der Waals surface area contributed by atoms with Gasteiger partial charge < -0.3 is 9.73 Å². The maximum atomic E-state index is 12.9. The average molecular weight is 325 g/mol. The lowest BCUT2D eigenvalue weighted by Crippen LogP contribution is -2.22. The Hall–Kier alpha value is -3.02. The fourth-order valence-electron chi connectivity index (χ4n) is 2.17. The molecule has 3 aromatic rings.